The zero-order valence-electron chi connectivity index (χ0n) is 19.1. The fourth-order valence-corrected chi connectivity index (χ4v) is 4.97. The Bertz CT molecular complexity index is 1320. The predicted molar refractivity (Wildman–Crippen MR) is 133 cm³/mol. The number of carbonyl (C=O) groups excluding carboxylic acids is 1. The molecule has 8 nitrogen and oxygen atoms in total. The largest absolute Gasteiger partial charge is 0.369 e. The van der Waals surface area contributed by atoms with Gasteiger partial charge in [-0.15, -0.1) is 0 Å². The van der Waals surface area contributed by atoms with Crippen LogP contribution in [0.25, 0.3) is 11.0 Å². The van der Waals surface area contributed by atoms with Crippen LogP contribution in [0.3, 0.4) is 0 Å². The minimum Gasteiger partial charge on any atom is -0.369 e. The van der Waals surface area contributed by atoms with E-state index < -0.39 is 0 Å². The fraction of sp³-hybridized carbons (Fsp3) is 0.346. The van der Waals surface area contributed by atoms with Crippen molar-refractivity contribution in [2.75, 3.05) is 23.3 Å². The molecule has 1 atom stereocenters. The van der Waals surface area contributed by atoms with Gasteiger partial charge < -0.3 is 20.9 Å². The van der Waals surface area contributed by atoms with Crippen LogP contribution in [0, 0.1) is 0 Å². The summed E-state index contributed by atoms with van der Waals surface area (Å²) in [5, 5.41) is 8.47. The number of benzene rings is 1. The maximum Gasteiger partial charge on any atom is 0.258 e. The molecule has 1 saturated heterocycles. The molecule has 0 radical (unpaired) electrons. The Labute approximate surface area is 198 Å². The van der Waals surface area contributed by atoms with E-state index in [1.807, 2.05) is 42.7 Å². The number of piperidine rings is 1. The summed E-state index contributed by atoms with van der Waals surface area (Å²) in [5.74, 6) is 0.359. The molecule has 0 bridgehead atoms. The Kier molecular flexibility index (Phi) is 5.30. The molecule has 4 heterocycles. The van der Waals surface area contributed by atoms with Crippen LogP contribution in [0.2, 0.25) is 0 Å². The van der Waals surface area contributed by atoms with E-state index in [-0.39, 0.29) is 11.9 Å². The minimum atomic E-state index is -0.182. The highest BCUT2D eigenvalue weighted by Crippen LogP contribution is 2.48. The lowest BCUT2D eigenvalue weighted by Gasteiger charge is -2.34. The first-order valence-corrected chi connectivity index (χ1v) is 12.0. The Balaban J connectivity index is 1.30. The fourth-order valence-electron chi connectivity index (χ4n) is 4.97. The zero-order chi connectivity index (χ0) is 23.1. The molecule has 1 aromatic carbocycles. The number of H-pyrrole nitrogens is 1. The molecule has 3 aromatic heterocycles. The summed E-state index contributed by atoms with van der Waals surface area (Å²) in [7, 11) is 0. The molecule has 1 aliphatic carbocycles. The number of nitrogens with two attached hydrogens (primary N) is 1. The molecule has 1 saturated carbocycles. The Hall–Kier alpha value is -3.65. The van der Waals surface area contributed by atoms with Crippen molar-refractivity contribution in [1.29, 1.82) is 0 Å². The van der Waals surface area contributed by atoms with Gasteiger partial charge in [0.25, 0.3) is 5.91 Å². The second kappa shape index (κ2) is 8.61. The number of pyridine rings is 1. The first kappa shape index (κ1) is 20.9. The molecule has 4 aromatic rings. The Morgan fingerprint density at radius 3 is 2.82 bits per heavy atom. The van der Waals surface area contributed by atoms with Gasteiger partial charge in [0, 0.05) is 37.7 Å². The smallest absolute Gasteiger partial charge is 0.258 e. The zero-order valence-corrected chi connectivity index (χ0v) is 19.1. The van der Waals surface area contributed by atoms with Gasteiger partial charge in [0.2, 0.25) is 0 Å². The predicted octanol–water partition coefficient (Wildman–Crippen LogP) is 3.86. The first-order valence-electron chi connectivity index (χ1n) is 12.0. The van der Waals surface area contributed by atoms with E-state index >= 15 is 0 Å². The molecule has 174 valence electrons. The summed E-state index contributed by atoms with van der Waals surface area (Å²) in [6.45, 7) is 2.41. The van der Waals surface area contributed by atoms with Crippen molar-refractivity contribution < 1.29 is 4.79 Å². The van der Waals surface area contributed by atoms with Gasteiger partial charge in [-0.05, 0) is 42.7 Å². The van der Waals surface area contributed by atoms with Crippen molar-refractivity contribution in [1.82, 2.24) is 19.7 Å². The number of aromatic amines is 1. The van der Waals surface area contributed by atoms with Crippen molar-refractivity contribution >= 4 is 28.3 Å². The van der Waals surface area contributed by atoms with E-state index in [1.54, 1.807) is 17.1 Å². The highest BCUT2D eigenvalue weighted by atomic mass is 16.1. The van der Waals surface area contributed by atoms with E-state index in [9.17, 15) is 4.79 Å². The number of hydrogen-bond acceptors (Lipinski definition) is 5. The van der Waals surface area contributed by atoms with E-state index in [4.69, 9.17) is 5.73 Å². The van der Waals surface area contributed by atoms with Gasteiger partial charge in [-0.25, -0.2) is 4.98 Å². The summed E-state index contributed by atoms with van der Waals surface area (Å²) < 4.78 is 1.78. The number of anilines is 2. The van der Waals surface area contributed by atoms with E-state index in [2.05, 4.69) is 25.3 Å². The van der Waals surface area contributed by atoms with Gasteiger partial charge in [0.15, 0.2) is 0 Å². The van der Waals surface area contributed by atoms with Gasteiger partial charge in [-0.3, -0.25) is 9.48 Å². The monoisotopic (exact) mass is 455 g/mol. The number of hydrogen-bond donors (Lipinski definition) is 3. The lowest BCUT2D eigenvalue weighted by Crippen LogP contribution is -2.43. The van der Waals surface area contributed by atoms with Crippen LogP contribution >= 0.6 is 0 Å². The number of fused-ring (bicyclic) bond motifs is 1. The second-order valence-electron chi connectivity index (χ2n) is 9.48. The molecule has 4 N–H and O–H groups in total. The SMILES string of the molecule is N[C@@H]1CCCN(c2c(C3CC3)cnc3[nH]cc(NC(=O)c4cnn(Cc5ccccc5)c4)c23)C1. The van der Waals surface area contributed by atoms with E-state index in [0.29, 0.717) is 18.0 Å². The van der Waals surface area contributed by atoms with Crippen LogP contribution in [-0.2, 0) is 6.54 Å². The van der Waals surface area contributed by atoms with Gasteiger partial charge in [-0.2, -0.15) is 5.10 Å². The van der Waals surface area contributed by atoms with Crippen LogP contribution < -0.4 is 16.0 Å². The Morgan fingerprint density at radius 1 is 1.18 bits per heavy atom. The summed E-state index contributed by atoms with van der Waals surface area (Å²) in [6.07, 6.45) is 11.7. The van der Waals surface area contributed by atoms with Crippen LogP contribution in [0.4, 0.5) is 11.4 Å². The van der Waals surface area contributed by atoms with Crippen molar-refractivity contribution in [3.63, 3.8) is 0 Å². The lowest BCUT2D eigenvalue weighted by atomic mass is 10.0. The van der Waals surface area contributed by atoms with Crippen molar-refractivity contribution in [3.8, 4) is 0 Å². The van der Waals surface area contributed by atoms with Gasteiger partial charge in [0.1, 0.15) is 5.65 Å². The highest BCUT2D eigenvalue weighted by molar-refractivity contribution is 6.11. The molecular formula is C26H29N7O. The number of amides is 1. The van der Waals surface area contributed by atoms with Crippen LogP contribution in [0.15, 0.2) is 55.1 Å². The summed E-state index contributed by atoms with van der Waals surface area (Å²) >= 11 is 0. The average molecular weight is 456 g/mol. The number of carbonyl (C=O) groups is 1. The third kappa shape index (κ3) is 4.05. The van der Waals surface area contributed by atoms with Crippen molar-refractivity contribution in [2.45, 2.75) is 44.2 Å². The summed E-state index contributed by atoms with van der Waals surface area (Å²) in [6, 6.07) is 10.2. The van der Waals surface area contributed by atoms with Gasteiger partial charge in [-0.1, -0.05) is 30.3 Å². The molecule has 2 fully saturated rings. The number of nitrogens with one attached hydrogen (secondary N) is 2. The van der Waals surface area contributed by atoms with Crippen LogP contribution in [0.1, 0.15) is 53.1 Å². The van der Waals surface area contributed by atoms with Crippen molar-refractivity contribution in [3.05, 3.63) is 71.8 Å². The van der Waals surface area contributed by atoms with E-state index in [0.717, 1.165) is 48.2 Å². The third-order valence-corrected chi connectivity index (χ3v) is 6.82. The maximum absolute atomic E-state index is 13.2. The minimum absolute atomic E-state index is 0.163. The molecule has 6 rings (SSSR count). The lowest BCUT2D eigenvalue weighted by molar-refractivity contribution is 0.102. The molecular weight excluding hydrogens is 426 g/mol. The molecule has 1 aliphatic heterocycles. The van der Waals surface area contributed by atoms with Gasteiger partial charge >= 0.3 is 0 Å². The van der Waals surface area contributed by atoms with E-state index in [1.165, 1.54) is 24.1 Å². The topological polar surface area (TPSA) is 105 Å². The second-order valence-corrected chi connectivity index (χ2v) is 9.48. The molecule has 0 unspecified atom stereocenters. The summed E-state index contributed by atoms with van der Waals surface area (Å²) in [5.41, 5.74) is 12.0. The van der Waals surface area contributed by atoms with Crippen LogP contribution in [0.5, 0.6) is 0 Å². The van der Waals surface area contributed by atoms with Gasteiger partial charge in [0.05, 0.1) is 35.1 Å². The first-order chi connectivity index (χ1) is 16.7. The molecule has 8 heteroatoms. The maximum atomic E-state index is 13.2. The molecule has 1 amide bonds. The van der Waals surface area contributed by atoms with Crippen LogP contribution in [-0.4, -0.2) is 44.8 Å². The summed E-state index contributed by atoms with van der Waals surface area (Å²) in [4.78, 5) is 23.5. The molecule has 34 heavy (non-hydrogen) atoms. The standard InChI is InChI=1S/C26H29N7O/c27-20-7-4-10-32(16-20)24-21(18-8-9-18)12-28-25-23(24)22(13-29-25)31-26(34)19-11-30-33(15-19)14-17-5-2-1-3-6-17/h1-3,5-6,11-13,15,18,20H,4,7-10,14,16,27H2,(H,28,29)(H,31,34)/t20-/m1/s1. The third-order valence-electron chi connectivity index (χ3n) is 6.82. The molecule has 0 spiro atoms. The quantitative estimate of drug-likeness (QED) is 0.409. The number of nitrogens with zero attached hydrogens (tertiary/aromatic N) is 4. The van der Waals surface area contributed by atoms with Crippen molar-refractivity contribution in [2.24, 2.45) is 5.73 Å². The molecule has 2 aliphatic rings. The highest BCUT2D eigenvalue weighted by Gasteiger charge is 2.32. The average Bonchev–Trinajstić information content (AvgIpc) is 3.46. The normalized spacial score (nSPS) is 18.4. The number of rotatable bonds is 6. The Morgan fingerprint density at radius 2 is 2.03 bits per heavy atom. The number of aromatic nitrogens is 4.